The molecular formula is C35H45NO3. The van der Waals surface area contributed by atoms with Gasteiger partial charge in [0.2, 0.25) is 0 Å². The first-order valence-corrected chi connectivity index (χ1v) is 14.8. The fourth-order valence-electron chi connectivity index (χ4n) is 4.74. The molecule has 4 heteroatoms. The van der Waals surface area contributed by atoms with E-state index in [-0.39, 0.29) is 6.61 Å². The van der Waals surface area contributed by atoms with Gasteiger partial charge in [-0.3, -0.25) is 0 Å². The molecule has 1 N–H and O–H groups in total. The molecule has 0 saturated carbocycles. The van der Waals surface area contributed by atoms with E-state index < -0.39 is 5.79 Å². The minimum absolute atomic E-state index is 0.132. The molecule has 0 spiro atoms. The highest BCUT2D eigenvalue weighted by Crippen LogP contribution is 2.29. The van der Waals surface area contributed by atoms with Crippen LogP contribution in [0.5, 0.6) is 11.5 Å². The highest BCUT2D eigenvalue weighted by atomic mass is 16.6. The van der Waals surface area contributed by atoms with Crippen LogP contribution in [-0.4, -0.2) is 5.11 Å². The summed E-state index contributed by atoms with van der Waals surface area (Å²) in [6.45, 7) is 2.40. The summed E-state index contributed by atoms with van der Waals surface area (Å²) in [5.74, 6) is -0.859. The Kier molecular flexibility index (Phi) is 13.6. The maximum Gasteiger partial charge on any atom is 0.284 e. The summed E-state index contributed by atoms with van der Waals surface area (Å²) < 4.78 is 11.6. The average molecular weight is 528 g/mol. The predicted molar refractivity (Wildman–Crippen MR) is 158 cm³/mol. The molecule has 208 valence electrons. The molecule has 3 rings (SSSR count). The summed E-state index contributed by atoms with van der Waals surface area (Å²) in [7, 11) is 0. The third-order valence-electron chi connectivity index (χ3n) is 7.15. The van der Waals surface area contributed by atoms with Crippen LogP contribution in [-0.2, 0) is 23.6 Å². The van der Waals surface area contributed by atoms with E-state index >= 15 is 0 Å². The Labute approximate surface area is 235 Å². The van der Waals surface area contributed by atoms with Gasteiger partial charge in [-0.1, -0.05) is 132 Å². The van der Waals surface area contributed by atoms with Crippen LogP contribution in [0.3, 0.4) is 0 Å². The van der Waals surface area contributed by atoms with Crippen LogP contribution in [0.2, 0.25) is 0 Å². The van der Waals surface area contributed by atoms with Crippen molar-refractivity contribution in [2.45, 2.75) is 103 Å². The number of aryl methyl sites for hydroxylation is 1. The molecule has 39 heavy (non-hydrogen) atoms. The molecule has 0 saturated heterocycles. The van der Waals surface area contributed by atoms with Crippen molar-refractivity contribution in [1.29, 1.82) is 5.26 Å². The summed E-state index contributed by atoms with van der Waals surface area (Å²) in [5.41, 5.74) is 2.56. The zero-order valence-electron chi connectivity index (χ0n) is 23.6. The highest BCUT2D eigenvalue weighted by molar-refractivity contribution is 5.37. The van der Waals surface area contributed by atoms with Crippen LogP contribution < -0.4 is 4.74 Å². The number of nitriles is 1. The Morgan fingerprint density at radius 1 is 0.667 bits per heavy atom. The average Bonchev–Trinajstić information content (AvgIpc) is 2.98. The van der Waals surface area contributed by atoms with Crippen molar-refractivity contribution in [1.82, 2.24) is 0 Å². The van der Waals surface area contributed by atoms with Gasteiger partial charge in [0, 0.05) is 5.56 Å². The molecular weight excluding hydrogens is 482 g/mol. The Balaban J connectivity index is 1.36. The number of ether oxygens (including phenoxy) is 2. The lowest BCUT2D eigenvalue weighted by atomic mass is 10.0. The zero-order valence-corrected chi connectivity index (χ0v) is 23.6. The van der Waals surface area contributed by atoms with Crippen molar-refractivity contribution in [3.05, 3.63) is 95.6 Å². The lowest BCUT2D eigenvalue weighted by Crippen LogP contribution is -2.27. The van der Waals surface area contributed by atoms with Crippen LogP contribution in [0.25, 0.3) is 0 Å². The fourth-order valence-corrected chi connectivity index (χ4v) is 4.74. The van der Waals surface area contributed by atoms with Gasteiger partial charge in [0.05, 0.1) is 6.61 Å². The molecule has 1 atom stereocenters. The SMILES string of the molecule is CCCCCCCCCCCCCCc1ccc(COC(O)(C#N)c2cccc(Oc3ccccc3)c2)cc1. The third kappa shape index (κ3) is 11.2. The number of para-hydroxylation sites is 1. The zero-order chi connectivity index (χ0) is 27.6. The van der Waals surface area contributed by atoms with E-state index in [0.717, 1.165) is 12.0 Å². The van der Waals surface area contributed by atoms with Gasteiger partial charge in [0.15, 0.2) is 0 Å². The summed E-state index contributed by atoms with van der Waals surface area (Å²) >= 11 is 0. The molecule has 0 aliphatic heterocycles. The van der Waals surface area contributed by atoms with E-state index in [2.05, 4.69) is 19.1 Å². The quantitative estimate of drug-likeness (QED) is 0.0957. The summed E-state index contributed by atoms with van der Waals surface area (Å²) in [4.78, 5) is 0. The van der Waals surface area contributed by atoms with Crippen molar-refractivity contribution < 1.29 is 14.6 Å². The molecule has 0 heterocycles. The lowest BCUT2D eigenvalue weighted by molar-refractivity contribution is -0.176. The van der Waals surface area contributed by atoms with E-state index in [0.29, 0.717) is 17.1 Å². The van der Waals surface area contributed by atoms with Crippen molar-refractivity contribution in [3.8, 4) is 17.6 Å². The predicted octanol–water partition coefficient (Wildman–Crippen LogP) is 9.61. The number of nitrogens with zero attached hydrogens (tertiary/aromatic N) is 1. The summed E-state index contributed by atoms with van der Waals surface area (Å²) in [6.07, 6.45) is 17.4. The van der Waals surface area contributed by atoms with E-state index in [1.165, 1.54) is 82.6 Å². The molecule has 0 radical (unpaired) electrons. The molecule has 0 amide bonds. The smallest absolute Gasteiger partial charge is 0.284 e. The molecule has 0 bridgehead atoms. The van der Waals surface area contributed by atoms with Crippen molar-refractivity contribution in [2.24, 2.45) is 0 Å². The molecule has 1 unspecified atom stereocenters. The van der Waals surface area contributed by atoms with Crippen LogP contribution in [0.1, 0.15) is 101 Å². The van der Waals surface area contributed by atoms with E-state index in [9.17, 15) is 10.4 Å². The summed E-state index contributed by atoms with van der Waals surface area (Å²) in [5, 5.41) is 20.7. The first-order chi connectivity index (χ1) is 19.1. The summed E-state index contributed by atoms with van der Waals surface area (Å²) in [6, 6.07) is 26.4. The maximum atomic E-state index is 10.9. The number of aliphatic hydroxyl groups is 1. The second-order valence-electron chi connectivity index (χ2n) is 10.4. The minimum Gasteiger partial charge on any atom is -0.457 e. The van der Waals surface area contributed by atoms with Gasteiger partial charge in [0.25, 0.3) is 5.79 Å². The van der Waals surface area contributed by atoms with Crippen molar-refractivity contribution in [2.75, 3.05) is 0 Å². The molecule has 0 fully saturated rings. The number of hydrogen-bond donors (Lipinski definition) is 1. The molecule has 0 aromatic heterocycles. The first-order valence-electron chi connectivity index (χ1n) is 14.8. The second kappa shape index (κ2) is 17.5. The van der Waals surface area contributed by atoms with Gasteiger partial charge >= 0.3 is 0 Å². The number of unbranched alkanes of at least 4 members (excludes halogenated alkanes) is 11. The van der Waals surface area contributed by atoms with Gasteiger partial charge < -0.3 is 14.6 Å². The van der Waals surface area contributed by atoms with Crippen LogP contribution in [0, 0.1) is 11.3 Å². The van der Waals surface area contributed by atoms with Crippen molar-refractivity contribution in [3.63, 3.8) is 0 Å². The molecule has 3 aromatic carbocycles. The van der Waals surface area contributed by atoms with E-state index in [1.54, 1.807) is 24.3 Å². The van der Waals surface area contributed by atoms with E-state index in [1.807, 2.05) is 48.5 Å². The first kappa shape index (κ1) is 30.4. The molecule has 0 aliphatic rings. The Morgan fingerprint density at radius 2 is 1.23 bits per heavy atom. The number of hydrogen-bond acceptors (Lipinski definition) is 4. The van der Waals surface area contributed by atoms with Crippen LogP contribution in [0.4, 0.5) is 0 Å². The standard InChI is InChI=1S/C35H45NO3/c1-2-3-4-5-6-7-8-9-10-11-12-14-18-30-23-25-31(26-24-30)28-38-35(37,29-36)32-19-17-22-34(27-32)39-33-20-15-13-16-21-33/h13,15-17,19-27,37H,2-12,14,18,28H2,1H3. The molecule has 3 aromatic rings. The van der Waals surface area contributed by atoms with Crippen LogP contribution in [0.15, 0.2) is 78.9 Å². The number of benzene rings is 3. The maximum absolute atomic E-state index is 10.9. The largest absolute Gasteiger partial charge is 0.457 e. The Hall–Kier alpha value is -3.13. The normalized spacial score (nSPS) is 12.5. The highest BCUT2D eigenvalue weighted by Gasteiger charge is 2.31. The number of rotatable bonds is 19. The fraction of sp³-hybridized carbons (Fsp3) is 0.457. The van der Waals surface area contributed by atoms with Gasteiger partial charge in [-0.2, -0.15) is 5.26 Å². The molecule has 4 nitrogen and oxygen atoms in total. The van der Waals surface area contributed by atoms with Gasteiger partial charge in [-0.15, -0.1) is 0 Å². The minimum atomic E-state index is -2.07. The van der Waals surface area contributed by atoms with Gasteiger partial charge in [-0.05, 0) is 48.2 Å². The second-order valence-corrected chi connectivity index (χ2v) is 10.4. The monoisotopic (exact) mass is 527 g/mol. The van der Waals surface area contributed by atoms with Crippen molar-refractivity contribution >= 4 is 0 Å². The topological polar surface area (TPSA) is 62.5 Å². The lowest BCUT2D eigenvalue weighted by Gasteiger charge is -2.22. The third-order valence-corrected chi connectivity index (χ3v) is 7.15. The van der Waals surface area contributed by atoms with E-state index in [4.69, 9.17) is 9.47 Å². The Bertz CT molecular complexity index is 1110. The van der Waals surface area contributed by atoms with Gasteiger partial charge in [-0.25, -0.2) is 0 Å². The molecule has 0 aliphatic carbocycles. The van der Waals surface area contributed by atoms with Gasteiger partial charge in [0.1, 0.15) is 17.6 Å². The Morgan fingerprint density at radius 3 is 1.85 bits per heavy atom. The van der Waals surface area contributed by atoms with Crippen LogP contribution >= 0.6 is 0 Å².